The molecule has 0 aromatic carbocycles. The molecule has 9 nitrogen and oxygen atoms in total. The summed E-state index contributed by atoms with van der Waals surface area (Å²) in [4.78, 5) is 19.0. The molecule has 1 aliphatic carbocycles. The van der Waals surface area contributed by atoms with Gasteiger partial charge in [0.15, 0.2) is 0 Å². The van der Waals surface area contributed by atoms with Crippen molar-refractivity contribution in [3.63, 3.8) is 0 Å². The van der Waals surface area contributed by atoms with Gasteiger partial charge in [0.25, 0.3) is 0 Å². The van der Waals surface area contributed by atoms with Gasteiger partial charge in [0.05, 0.1) is 42.4 Å². The fourth-order valence-corrected chi connectivity index (χ4v) is 4.49. The van der Waals surface area contributed by atoms with Gasteiger partial charge >= 0.3 is 0 Å². The van der Waals surface area contributed by atoms with Crippen LogP contribution < -0.4 is 11.1 Å². The number of amides is 1. The molecule has 5 aliphatic rings. The summed E-state index contributed by atoms with van der Waals surface area (Å²) in [6.45, 7) is 2.79. The molecule has 6 rings (SSSR count). The molecule has 2 fully saturated rings. The Balaban J connectivity index is 1.34. The number of carbonyl (C=O) groups is 1. The van der Waals surface area contributed by atoms with Crippen LogP contribution in [0, 0.1) is 5.92 Å². The lowest BCUT2D eigenvalue weighted by atomic mass is 10.0. The monoisotopic (exact) mass is 408 g/mol. The molecule has 30 heavy (non-hydrogen) atoms. The smallest absolute Gasteiger partial charge is 0.240 e. The van der Waals surface area contributed by atoms with Crippen LogP contribution >= 0.6 is 0 Å². The van der Waals surface area contributed by atoms with E-state index in [0.717, 1.165) is 54.2 Å². The molecule has 1 saturated heterocycles. The molecule has 1 aromatic rings. The first-order valence-corrected chi connectivity index (χ1v) is 10.5. The molecule has 4 aliphatic heterocycles. The number of hydrogen-bond acceptors (Lipinski definition) is 7. The van der Waals surface area contributed by atoms with Crippen LogP contribution in [0.4, 0.5) is 0 Å². The third-order valence-corrected chi connectivity index (χ3v) is 6.38. The Kier molecular flexibility index (Phi) is 3.98. The SMILES string of the molecule is NC(=O)C(NC1=COCC2=C3C1=CN=C(c1cnn(C4COC4)c1)N3CC2)C1CC1. The van der Waals surface area contributed by atoms with Gasteiger partial charge in [-0.15, -0.1) is 0 Å². The number of nitrogens with two attached hydrogens (primary N) is 1. The molecular weight excluding hydrogens is 384 g/mol. The van der Waals surface area contributed by atoms with Crippen LogP contribution in [0.15, 0.2) is 52.4 Å². The predicted molar refractivity (Wildman–Crippen MR) is 108 cm³/mol. The lowest BCUT2D eigenvalue weighted by Crippen LogP contribution is -2.43. The summed E-state index contributed by atoms with van der Waals surface area (Å²) in [5, 5.41) is 7.86. The van der Waals surface area contributed by atoms with Crippen molar-refractivity contribution >= 4 is 11.7 Å². The van der Waals surface area contributed by atoms with Crippen molar-refractivity contribution in [3.05, 3.63) is 53.0 Å². The van der Waals surface area contributed by atoms with Gasteiger partial charge < -0.3 is 25.4 Å². The molecular formula is C21H24N6O3. The summed E-state index contributed by atoms with van der Waals surface area (Å²) in [7, 11) is 0. The molecule has 1 aromatic heterocycles. The summed E-state index contributed by atoms with van der Waals surface area (Å²) >= 11 is 0. The van der Waals surface area contributed by atoms with Gasteiger partial charge in [0.1, 0.15) is 24.7 Å². The highest BCUT2D eigenvalue weighted by atomic mass is 16.5. The number of nitrogens with one attached hydrogen (secondary N) is 1. The van der Waals surface area contributed by atoms with Gasteiger partial charge in [-0.2, -0.15) is 5.10 Å². The second-order valence-corrected chi connectivity index (χ2v) is 8.45. The Labute approximate surface area is 173 Å². The summed E-state index contributed by atoms with van der Waals surface area (Å²) in [5.41, 5.74) is 10.7. The zero-order chi connectivity index (χ0) is 20.2. The molecule has 156 valence electrons. The zero-order valence-electron chi connectivity index (χ0n) is 16.6. The number of primary amides is 1. The lowest BCUT2D eigenvalue weighted by Gasteiger charge is -2.30. The number of ether oxygens (including phenoxy) is 2. The minimum Gasteiger partial charge on any atom is -0.495 e. The summed E-state index contributed by atoms with van der Waals surface area (Å²) < 4.78 is 13.1. The zero-order valence-corrected chi connectivity index (χ0v) is 16.6. The minimum absolute atomic E-state index is 0.296. The maximum absolute atomic E-state index is 12.0. The van der Waals surface area contributed by atoms with E-state index < -0.39 is 0 Å². The van der Waals surface area contributed by atoms with Crippen LogP contribution in [0.3, 0.4) is 0 Å². The Morgan fingerprint density at radius 1 is 1.33 bits per heavy atom. The van der Waals surface area contributed by atoms with Gasteiger partial charge in [-0.05, 0) is 30.8 Å². The minimum atomic E-state index is -0.383. The van der Waals surface area contributed by atoms with E-state index in [4.69, 9.17) is 20.2 Å². The maximum Gasteiger partial charge on any atom is 0.240 e. The third-order valence-electron chi connectivity index (χ3n) is 6.38. The van der Waals surface area contributed by atoms with E-state index in [-0.39, 0.29) is 11.9 Å². The van der Waals surface area contributed by atoms with Gasteiger partial charge in [-0.1, -0.05) is 0 Å². The number of rotatable bonds is 6. The normalized spacial score (nSPS) is 24.1. The highest BCUT2D eigenvalue weighted by molar-refractivity contribution is 6.01. The predicted octanol–water partition coefficient (Wildman–Crippen LogP) is 0.783. The molecule has 0 radical (unpaired) electrons. The number of aromatic nitrogens is 2. The van der Waals surface area contributed by atoms with E-state index in [9.17, 15) is 4.79 Å². The van der Waals surface area contributed by atoms with Crippen LogP contribution in [0.1, 0.15) is 30.9 Å². The van der Waals surface area contributed by atoms with Crippen molar-refractivity contribution in [1.29, 1.82) is 0 Å². The van der Waals surface area contributed by atoms with Crippen molar-refractivity contribution in [2.75, 3.05) is 26.4 Å². The molecule has 0 spiro atoms. The largest absolute Gasteiger partial charge is 0.495 e. The van der Waals surface area contributed by atoms with Crippen LogP contribution in [0.25, 0.3) is 0 Å². The maximum atomic E-state index is 12.0. The number of aliphatic imine (C=N–C) groups is 1. The fraction of sp³-hybridized carbons (Fsp3) is 0.476. The summed E-state index contributed by atoms with van der Waals surface area (Å²) in [5.74, 6) is 0.864. The highest BCUT2D eigenvalue weighted by Gasteiger charge is 2.39. The Hall–Kier alpha value is -3.07. The van der Waals surface area contributed by atoms with Crippen LogP contribution in [0.5, 0.6) is 0 Å². The molecule has 9 heteroatoms. The van der Waals surface area contributed by atoms with Crippen LogP contribution in [0.2, 0.25) is 0 Å². The Morgan fingerprint density at radius 2 is 2.20 bits per heavy atom. The number of carbonyl (C=O) groups excluding carboxylic acids is 1. The summed E-state index contributed by atoms with van der Waals surface area (Å²) in [6.07, 6.45) is 10.4. The van der Waals surface area contributed by atoms with E-state index in [1.807, 2.05) is 23.3 Å². The third kappa shape index (κ3) is 2.84. The Bertz CT molecular complexity index is 1030. The van der Waals surface area contributed by atoms with E-state index in [1.54, 1.807) is 6.26 Å². The second-order valence-electron chi connectivity index (χ2n) is 8.45. The van der Waals surface area contributed by atoms with Gasteiger partial charge in [-0.3, -0.25) is 9.48 Å². The van der Waals surface area contributed by atoms with Crippen LogP contribution in [-0.2, 0) is 14.3 Å². The Morgan fingerprint density at radius 3 is 2.93 bits per heavy atom. The summed E-state index contributed by atoms with van der Waals surface area (Å²) in [6, 6.07) is -0.0772. The lowest BCUT2D eigenvalue weighted by molar-refractivity contribution is -0.120. The van der Waals surface area contributed by atoms with E-state index in [2.05, 4.69) is 15.3 Å². The first-order chi connectivity index (χ1) is 14.7. The van der Waals surface area contributed by atoms with Crippen molar-refractivity contribution in [3.8, 4) is 0 Å². The van der Waals surface area contributed by atoms with Gasteiger partial charge in [-0.25, -0.2) is 4.99 Å². The average molecular weight is 408 g/mol. The van der Waals surface area contributed by atoms with E-state index in [0.29, 0.717) is 31.8 Å². The number of hydrogen-bond donors (Lipinski definition) is 2. The van der Waals surface area contributed by atoms with Crippen LogP contribution in [-0.4, -0.2) is 58.8 Å². The topological polar surface area (TPSA) is 107 Å². The average Bonchev–Trinajstić information content (AvgIpc) is 3.32. The number of nitrogens with zero attached hydrogens (tertiary/aromatic N) is 4. The standard InChI is InChI=1S/C21H24N6O3/c22-20(28)18(12-1-2-12)25-17-11-29-8-13-3-4-26-19(13)16(17)6-23-21(26)14-5-24-27(7-14)15-9-30-10-15/h5-7,11-12,15,18,25H,1-4,8-10H2,(H2,22,28). The van der Waals surface area contributed by atoms with E-state index in [1.165, 1.54) is 5.57 Å². The molecule has 5 heterocycles. The molecule has 3 N–H and O–H groups in total. The number of amidine groups is 1. The quantitative estimate of drug-likeness (QED) is 0.721. The van der Waals surface area contributed by atoms with Crippen molar-refractivity contribution < 1.29 is 14.3 Å². The molecule has 1 unspecified atom stereocenters. The first kappa shape index (κ1) is 17.8. The fourth-order valence-electron chi connectivity index (χ4n) is 4.49. The molecule has 0 bridgehead atoms. The van der Waals surface area contributed by atoms with Crippen molar-refractivity contribution in [2.45, 2.75) is 31.3 Å². The van der Waals surface area contributed by atoms with Gasteiger partial charge in [0.2, 0.25) is 5.91 Å². The van der Waals surface area contributed by atoms with Gasteiger partial charge in [0, 0.05) is 24.5 Å². The highest BCUT2D eigenvalue weighted by Crippen LogP contribution is 2.39. The first-order valence-electron chi connectivity index (χ1n) is 10.5. The van der Waals surface area contributed by atoms with E-state index >= 15 is 0 Å². The van der Waals surface area contributed by atoms with Crippen molar-refractivity contribution in [1.82, 2.24) is 20.0 Å². The molecule has 1 atom stereocenters. The molecule has 1 amide bonds. The second kappa shape index (κ2) is 6.73. The molecule has 1 saturated carbocycles. The van der Waals surface area contributed by atoms with Crippen molar-refractivity contribution in [2.24, 2.45) is 16.6 Å².